The van der Waals surface area contributed by atoms with Gasteiger partial charge >= 0.3 is 11.9 Å². The fourth-order valence-corrected chi connectivity index (χ4v) is 5.52. The van der Waals surface area contributed by atoms with Gasteiger partial charge in [-0.15, -0.1) is 0 Å². The van der Waals surface area contributed by atoms with Crippen molar-refractivity contribution in [3.63, 3.8) is 0 Å². The van der Waals surface area contributed by atoms with E-state index in [2.05, 4.69) is 31.3 Å². The van der Waals surface area contributed by atoms with Crippen LogP contribution in [0.2, 0.25) is 0 Å². The molecule has 0 radical (unpaired) electrons. The highest BCUT2D eigenvalue weighted by atomic mass is 16.5. The van der Waals surface area contributed by atoms with E-state index in [4.69, 9.17) is 10.5 Å². The minimum Gasteiger partial charge on any atom is -0.480 e. The van der Waals surface area contributed by atoms with Crippen LogP contribution in [-0.4, -0.2) is 58.0 Å². The van der Waals surface area contributed by atoms with Crippen molar-refractivity contribution < 1.29 is 38.9 Å². The summed E-state index contributed by atoms with van der Waals surface area (Å²) < 4.78 is 5.40. The maximum absolute atomic E-state index is 13.2. The summed E-state index contributed by atoms with van der Waals surface area (Å²) in [6, 6.07) is -1.25. The number of ether oxygens (including phenoxy) is 1. The summed E-state index contributed by atoms with van der Waals surface area (Å²) in [5.74, 6) is -3.95. The topological polar surface area (TPSA) is 173 Å². The molecule has 10 heteroatoms. The molecule has 0 aromatic rings. The van der Waals surface area contributed by atoms with Gasteiger partial charge in [0.15, 0.2) is 0 Å². The molecule has 2 amide bonds. The second-order valence-electron chi connectivity index (χ2n) is 13.1. The molecule has 0 aromatic carbocycles. The normalized spacial score (nSPS) is 21.4. The maximum atomic E-state index is 13.2. The lowest BCUT2D eigenvalue weighted by atomic mass is 9.83. The number of allylic oxidation sites excluding steroid dienone is 8. The molecule has 266 valence electrons. The van der Waals surface area contributed by atoms with Crippen LogP contribution in [0.15, 0.2) is 71.4 Å². The van der Waals surface area contributed by atoms with Crippen molar-refractivity contribution in [3.8, 4) is 0 Å². The van der Waals surface area contributed by atoms with E-state index in [9.17, 15) is 34.2 Å². The monoisotopic (exact) mass is 668 g/mol. The van der Waals surface area contributed by atoms with Crippen molar-refractivity contribution in [2.24, 2.45) is 35.3 Å². The Bertz CT molecular complexity index is 1320. The Hall–Kier alpha value is -4.05. The molecule has 0 saturated carbocycles. The molecule has 0 spiro atoms. The third-order valence-electron chi connectivity index (χ3n) is 8.42. The minimum absolute atomic E-state index is 0.0932. The van der Waals surface area contributed by atoms with Gasteiger partial charge in [-0.2, -0.15) is 0 Å². The number of hydrogen-bond acceptors (Lipinski definition) is 7. The predicted molar refractivity (Wildman–Crippen MR) is 187 cm³/mol. The molecule has 0 aliphatic carbocycles. The first-order valence-electron chi connectivity index (χ1n) is 16.8. The lowest BCUT2D eigenvalue weighted by Crippen LogP contribution is -2.40. The number of nitrogens with one attached hydrogen (secondary N) is 1. The van der Waals surface area contributed by atoms with Crippen LogP contribution >= 0.6 is 0 Å². The van der Waals surface area contributed by atoms with E-state index in [1.165, 1.54) is 17.7 Å². The summed E-state index contributed by atoms with van der Waals surface area (Å²) >= 11 is 0. The summed E-state index contributed by atoms with van der Waals surface area (Å²) in [7, 11) is 0. The number of ketones is 1. The highest BCUT2D eigenvalue weighted by molar-refractivity contribution is 5.91. The number of rotatable bonds is 20. The third-order valence-corrected chi connectivity index (χ3v) is 8.42. The number of hydrogen-bond donors (Lipinski definition) is 4. The SMILES string of the molecule is CCC(=C/[C@H](C)C/C=C/C(C)=C/[C@@H](C)C(=O)[C@@H](C)[C@H](O)[C@@H](C)C/C(C)=C/C(=O)NC(CCC(N)=O)C(=O)O)/C=C/[C@@H]1OC(=O)C=C[C@@H]1C. The summed E-state index contributed by atoms with van der Waals surface area (Å²) in [6.45, 7) is 15.2. The van der Waals surface area contributed by atoms with E-state index in [1.54, 1.807) is 20.8 Å². The number of carboxylic acids is 1. The molecular weight excluding hydrogens is 612 g/mol. The second-order valence-corrected chi connectivity index (χ2v) is 13.1. The first-order valence-corrected chi connectivity index (χ1v) is 16.8. The minimum atomic E-state index is -1.27. The molecule has 1 heterocycles. The number of carbonyl (C=O) groups excluding carboxylic acids is 4. The zero-order valence-corrected chi connectivity index (χ0v) is 29.8. The van der Waals surface area contributed by atoms with Crippen molar-refractivity contribution in [2.45, 2.75) is 106 Å². The molecule has 8 atom stereocenters. The van der Waals surface area contributed by atoms with Gasteiger partial charge in [-0.05, 0) is 57.4 Å². The number of carbonyl (C=O) groups is 5. The molecular formula is C38H56N2O8. The molecule has 0 bridgehead atoms. The van der Waals surface area contributed by atoms with Crippen LogP contribution in [0.3, 0.4) is 0 Å². The Morgan fingerprint density at radius 2 is 1.75 bits per heavy atom. The van der Waals surface area contributed by atoms with E-state index in [-0.39, 0.29) is 48.5 Å². The fraction of sp³-hybridized carbons (Fsp3) is 0.553. The highest BCUT2D eigenvalue weighted by Gasteiger charge is 2.29. The van der Waals surface area contributed by atoms with Crippen LogP contribution in [0.1, 0.15) is 87.5 Å². The first-order chi connectivity index (χ1) is 22.4. The molecule has 0 aromatic heterocycles. The Labute approximate surface area is 285 Å². The van der Waals surface area contributed by atoms with Gasteiger partial charge in [0.1, 0.15) is 17.9 Å². The van der Waals surface area contributed by atoms with Crippen molar-refractivity contribution in [1.82, 2.24) is 5.32 Å². The highest BCUT2D eigenvalue weighted by Crippen LogP contribution is 2.24. The van der Waals surface area contributed by atoms with Gasteiger partial charge in [0.2, 0.25) is 11.8 Å². The molecule has 1 rings (SSSR count). The van der Waals surface area contributed by atoms with E-state index < -0.39 is 41.8 Å². The van der Waals surface area contributed by atoms with Gasteiger partial charge in [0, 0.05) is 36.3 Å². The summed E-state index contributed by atoms with van der Waals surface area (Å²) in [6.07, 6.45) is 17.2. The summed E-state index contributed by atoms with van der Waals surface area (Å²) in [5, 5.41) is 22.6. The van der Waals surface area contributed by atoms with Gasteiger partial charge < -0.3 is 26.0 Å². The molecule has 1 aliphatic rings. The van der Waals surface area contributed by atoms with Gasteiger partial charge in [-0.25, -0.2) is 9.59 Å². The average Bonchev–Trinajstić information content (AvgIpc) is 3.00. The third kappa shape index (κ3) is 15.7. The molecule has 0 saturated heterocycles. The maximum Gasteiger partial charge on any atom is 0.331 e. The number of primary amides is 1. The molecule has 1 aliphatic heterocycles. The number of aliphatic hydroxyl groups is 1. The van der Waals surface area contributed by atoms with Gasteiger partial charge in [-0.1, -0.05) is 94.7 Å². The van der Waals surface area contributed by atoms with Crippen LogP contribution < -0.4 is 11.1 Å². The van der Waals surface area contributed by atoms with Crippen molar-refractivity contribution in [1.29, 1.82) is 0 Å². The summed E-state index contributed by atoms with van der Waals surface area (Å²) in [4.78, 5) is 59.5. The van der Waals surface area contributed by atoms with Crippen LogP contribution in [0.5, 0.6) is 0 Å². The standard InChI is InChI=1S/C38H56N2O8/c1-9-30(14-16-32-26(5)13-18-35(43)48-32)21-24(3)12-10-11-23(2)19-27(6)36(44)29(8)37(45)28(7)20-25(4)22-34(42)40-31(38(46)47)15-17-33(39)41/h10-11,13-14,16,18-19,21-22,24,26-29,31-32,37,45H,9,12,15,17,20H2,1-8H3,(H2,39,41)(H,40,42)(H,46,47)/b11-10+,16-14+,23-19+,25-22+,30-21-/t24-,26+,27-,28+,29-,31?,32+,37-/m1/s1. The quantitative estimate of drug-likeness (QED) is 0.0744. The summed E-state index contributed by atoms with van der Waals surface area (Å²) in [5.41, 5.74) is 7.80. The van der Waals surface area contributed by atoms with E-state index in [0.29, 0.717) is 12.0 Å². The lowest BCUT2D eigenvalue weighted by Gasteiger charge is -2.26. The zero-order valence-electron chi connectivity index (χ0n) is 29.8. The molecule has 5 N–H and O–H groups in total. The van der Waals surface area contributed by atoms with Gasteiger partial charge in [-0.3, -0.25) is 14.4 Å². The Balaban J connectivity index is 2.71. The Morgan fingerprint density at radius 1 is 1.08 bits per heavy atom. The van der Waals surface area contributed by atoms with Crippen LogP contribution in [-0.2, 0) is 28.7 Å². The molecule has 10 nitrogen and oxygen atoms in total. The van der Waals surface area contributed by atoms with E-state index in [1.807, 2.05) is 51.2 Å². The molecule has 48 heavy (non-hydrogen) atoms. The van der Waals surface area contributed by atoms with Crippen molar-refractivity contribution in [3.05, 3.63) is 71.4 Å². The number of carboxylic acid groups (broad SMARTS) is 1. The smallest absolute Gasteiger partial charge is 0.331 e. The number of cyclic esters (lactones) is 1. The molecule has 1 unspecified atom stereocenters. The number of aliphatic carboxylic acids is 1. The average molecular weight is 669 g/mol. The van der Waals surface area contributed by atoms with Crippen LogP contribution in [0.4, 0.5) is 0 Å². The van der Waals surface area contributed by atoms with Gasteiger partial charge in [0.25, 0.3) is 0 Å². The van der Waals surface area contributed by atoms with Gasteiger partial charge in [0.05, 0.1) is 6.10 Å². The lowest BCUT2D eigenvalue weighted by molar-refractivity contribution is -0.143. The van der Waals surface area contributed by atoms with Crippen molar-refractivity contribution in [2.75, 3.05) is 0 Å². The number of amides is 2. The predicted octanol–water partition coefficient (Wildman–Crippen LogP) is 5.54. The number of Topliss-reactive ketones (excluding diaryl/α,β-unsaturated/α-hetero) is 1. The van der Waals surface area contributed by atoms with Crippen molar-refractivity contribution >= 4 is 29.5 Å². The largest absolute Gasteiger partial charge is 0.480 e. The fourth-order valence-electron chi connectivity index (χ4n) is 5.52. The number of aliphatic hydroxyl groups excluding tert-OH is 1. The van der Waals surface area contributed by atoms with E-state index >= 15 is 0 Å². The second kappa shape index (κ2) is 21.0. The van der Waals surface area contributed by atoms with Crippen LogP contribution in [0, 0.1) is 29.6 Å². The van der Waals surface area contributed by atoms with E-state index in [0.717, 1.165) is 18.4 Å². The Kier molecular flexibility index (Phi) is 18.4. The number of nitrogens with two attached hydrogens (primary N) is 1. The first kappa shape index (κ1) is 42.0. The number of esters is 1. The molecule has 0 fully saturated rings. The Morgan fingerprint density at radius 3 is 2.35 bits per heavy atom. The van der Waals surface area contributed by atoms with Crippen LogP contribution in [0.25, 0.3) is 0 Å². The zero-order chi connectivity index (χ0) is 36.6.